The Bertz CT molecular complexity index is 1300. The van der Waals surface area contributed by atoms with Crippen LogP contribution in [-0.2, 0) is 9.53 Å². The highest BCUT2D eigenvalue weighted by Gasteiger charge is 2.23. The van der Waals surface area contributed by atoms with Crippen LogP contribution >= 0.6 is 11.8 Å². The Hall–Kier alpha value is -4.12. The first-order valence-corrected chi connectivity index (χ1v) is 10.8. The van der Waals surface area contributed by atoms with Gasteiger partial charge in [0, 0.05) is 23.3 Å². The number of halogens is 2. The van der Waals surface area contributed by atoms with E-state index in [1.54, 1.807) is 6.26 Å². The monoisotopic (exact) mass is 486 g/mol. The van der Waals surface area contributed by atoms with Crippen LogP contribution in [0.3, 0.4) is 0 Å². The van der Waals surface area contributed by atoms with Crippen LogP contribution in [0.1, 0.15) is 26.3 Å². The Morgan fingerprint density at radius 1 is 1.03 bits per heavy atom. The Kier molecular flexibility index (Phi) is 7.69. The average molecular weight is 486 g/mol. The fourth-order valence-corrected chi connectivity index (χ4v) is 3.52. The van der Waals surface area contributed by atoms with Gasteiger partial charge in [-0.05, 0) is 36.6 Å². The Morgan fingerprint density at radius 3 is 2.38 bits per heavy atom. The van der Waals surface area contributed by atoms with Gasteiger partial charge >= 0.3 is 5.97 Å². The fourth-order valence-electron chi connectivity index (χ4n) is 2.97. The SMILES string of the molecule is CSc1ccc(C(=O)c2ccccc2C(=O)OCC(=O)Nc2ccc(F)cc2F)cc1[N+](=O)[O-]. The van der Waals surface area contributed by atoms with Crippen molar-refractivity contribution in [2.24, 2.45) is 0 Å². The summed E-state index contributed by atoms with van der Waals surface area (Å²) >= 11 is 1.15. The van der Waals surface area contributed by atoms with Crippen LogP contribution in [0.15, 0.2) is 65.6 Å². The first kappa shape index (κ1) is 24.5. The van der Waals surface area contributed by atoms with Crippen molar-refractivity contribution in [3.8, 4) is 0 Å². The minimum Gasteiger partial charge on any atom is -0.452 e. The van der Waals surface area contributed by atoms with Crippen molar-refractivity contribution in [1.29, 1.82) is 0 Å². The smallest absolute Gasteiger partial charge is 0.339 e. The molecule has 0 atom stereocenters. The summed E-state index contributed by atoms with van der Waals surface area (Å²) in [5.41, 5.74) is -0.792. The standard InChI is InChI=1S/C23H16F2N2O6S/c1-34-20-9-6-13(10-19(20)27(31)32)22(29)15-4-2-3-5-16(15)23(30)33-12-21(28)26-18-8-7-14(24)11-17(18)25/h2-11H,12H2,1H3,(H,26,28). The van der Waals surface area contributed by atoms with Crippen LogP contribution in [0.4, 0.5) is 20.2 Å². The minimum atomic E-state index is -1.01. The number of ketones is 1. The Labute approximate surface area is 196 Å². The third kappa shape index (κ3) is 5.62. The topological polar surface area (TPSA) is 116 Å². The maximum Gasteiger partial charge on any atom is 0.339 e. The van der Waals surface area contributed by atoms with Crippen LogP contribution < -0.4 is 5.32 Å². The second-order valence-corrected chi connectivity index (χ2v) is 7.61. The van der Waals surface area contributed by atoms with Gasteiger partial charge in [0.2, 0.25) is 0 Å². The number of benzene rings is 3. The summed E-state index contributed by atoms with van der Waals surface area (Å²) in [5.74, 6) is -4.37. The maximum absolute atomic E-state index is 13.7. The molecule has 0 saturated heterocycles. The second kappa shape index (κ2) is 10.7. The normalized spacial score (nSPS) is 10.4. The molecular formula is C23H16F2N2O6S. The van der Waals surface area contributed by atoms with Crippen LogP contribution in [-0.4, -0.2) is 35.4 Å². The van der Waals surface area contributed by atoms with Gasteiger partial charge < -0.3 is 10.1 Å². The number of nitro benzene ring substituents is 1. The van der Waals surface area contributed by atoms with Crippen molar-refractivity contribution >= 4 is 40.8 Å². The Balaban J connectivity index is 1.76. The van der Waals surface area contributed by atoms with E-state index in [1.807, 2.05) is 0 Å². The number of rotatable bonds is 8. The number of nitrogens with zero attached hydrogens (tertiary/aromatic N) is 1. The lowest BCUT2D eigenvalue weighted by Gasteiger charge is -2.10. The fraction of sp³-hybridized carbons (Fsp3) is 0.0870. The molecule has 0 saturated carbocycles. The Morgan fingerprint density at radius 2 is 1.74 bits per heavy atom. The summed E-state index contributed by atoms with van der Waals surface area (Å²) in [7, 11) is 0. The molecule has 0 fully saturated rings. The summed E-state index contributed by atoms with van der Waals surface area (Å²) in [6.45, 7) is -0.800. The number of esters is 1. The first-order chi connectivity index (χ1) is 16.2. The molecule has 1 N–H and O–H groups in total. The number of hydrogen-bond donors (Lipinski definition) is 1. The van der Waals surface area contributed by atoms with Crippen LogP contribution in [0.2, 0.25) is 0 Å². The lowest BCUT2D eigenvalue weighted by molar-refractivity contribution is -0.387. The summed E-state index contributed by atoms with van der Waals surface area (Å²) in [6.07, 6.45) is 1.66. The van der Waals surface area contributed by atoms with Crippen molar-refractivity contribution in [2.45, 2.75) is 4.90 Å². The van der Waals surface area contributed by atoms with Gasteiger partial charge in [-0.1, -0.05) is 18.2 Å². The van der Waals surface area contributed by atoms with E-state index in [0.29, 0.717) is 11.0 Å². The lowest BCUT2D eigenvalue weighted by atomic mass is 9.98. The highest BCUT2D eigenvalue weighted by molar-refractivity contribution is 7.98. The van der Waals surface area contributed by atoms with Crippen LogP contribution in [0.5, 0.6) is 0 Å². The highest BCUT2D eigenvalue weighted by atomic mass is 32.2. The molecule has 0 radical (unpaired) electrons. The molecular weight excluding hydrogens is 470 g/mol. The van der Waals surface area contributed by atoms with E-state index in [4.69, 9.17) is 4.74 Å². The van der Waals surface area contributed by atoms with Crippen molar-refractivity contribution < 1.29 is 32.8 Å². The van der Waals surface area contributed by atoms with Gasteiger partial charge in [-0.3, -0.25) is 19.7 Å². The lowest BCUT2D eigenvalue weighted by Crippen LogP contribution is -2.22. The molecule has 3 aromatic carbocycles. The predicted octanol–water partition coefficient (Wildman–Crippen LogP) is 4.62. The number of anilines is 1. The molecule has 1 amide bonds. The van der Waals surface area contributed by atoms with Gasteiger partial charge in [0.05, 0.1) is 21.1 Å². The average Bonchev–Trinajstić information content (AvgIpc) is 2.83. The third-order valence-electron chi connectivity index (χ3n) is 4.57. The summed E-state index contributed by atoms with van der Waals surface area (Å²) < 4.78 is 31.6. The van der Waals surface area contributed by atoms with Crippen LogP contribution in [0.25, 0.3) is 0 Å². The van der Waals surface area contributed by atoms with Gasteiger partial charge in [0.25, 0.3) is 11.6 Å². The van der Waals surface area contributed by atoms with Gasteiger partial charge in [0.1, 0.15) is 11.6 Å². The van der Waals surface area contributed by atoms with E-state index >= 15 is 0 Å². The molecule has 11 heteroatoms. The molecule has 0 heterocycles. The van der Waals surface area contributed by atoms with E-state index < -0.39 is 40.8 Å². The zero-order valence-corrected chi connectivity index (χ0v) is 18.4. The quantitative estimate of drug-likeness (QED) is 0.162. The maximum atomic E-state index is 13.7. The zero-order valence-electron chi connectivity index (χ0n) is 17.5. The van der Waals surface area contributed by atoms with Crippen molar-refractivity contribution in [2.75, 3.05) is 18.2 Å². The van der Waals surface area contributed by atoms with Crippen molar-refractivity contribution in [3.05, 3.63) is 99.1 Å². The molecule has 0 unspecified atom stereocenters. The minimum absolute atomic E-state index is 0.00530. The predicted molar refractivity (Wildman–Crippen MR) is 120 cm³/mol. The van der Waals surface area contributed by atoms with Crippen molar-refractivity contribution in [3.63, 3.8) is 0 Å². The van der Waals surface area contributed by atoms with Crippen molar-refractivity contribution in [1.82, 2.24) is 0 Å². The molecule has 0 aromatic heterocycles. The molecule has 0 aliphatic carbocycles. The van der Waals surface area contributed by atoms with Gasteiger partial charge in [-0.15, -0.1) is 11.8 Å². The van der Waals surface area contributed by atoms with E-state index in [-0.39, 0.29) is 28.1 Å². The number of thioether (sulfide) groups is 1. The third-order valence-corrected chi connectivity index (χ3v) is 5.35. The van der Waals surface area contributed by atoms with E-state index in [1.165, 1.54) is 36.4 Å². The number of hydrogen-bond acceptors (Lipinski definition) is 7. The number of nitrogens with one attached hydrogen (secondary N) is 1. The van der Waals surface area contributed by atoms with E-state index in [9.17, 15) is 33.3 Å². The summed E-state index contributed by atoms with van der Waals surface area (Å²) in [5, 5.41) is 13.5. The summed E-state index contributed by atoms with van der Waals surface area (Å²) in [6, 6.07) is 12.1. The molecule has 3 rings (SSSR count). The molecule has 0 bridgehead atoms. The second-order valence-electron chi connectivity index (χ2n) is 6.77. The summed E-state index contributed by atoms with van der Waals surface area (Å²) in [4.78, 5) is 48.6. The molecule has 3 aromatic rings. The van der Waals surface area contributed by atoms with Gasteiger partial charge in [-0.25, -0.2) is 13.6 Å². The van der Waals surface area contributed by atoms with Gasteiger partial charge in [-0.2, -0.15) is 0 Å². The number of carbonyl (C=O) groups excluding carboxylic acids is 3. The molecule has 8 nitrogen and oxygen atoms in total. The van der Waals surface area contributed by atoms with E-state index in [2.05, 4.69) is 5.32 Å². The molecule has 0 aliphatic rings. The number of carbonyl (C=O) groups is 3. The number of ether oxygens (including phenoxy) is 1. The largest absolute Gasteiger partial charge is 0.452 e. The number of amides is 1. The van der Waals surface area contributed by atoms with E-state index in [0.717, 1.165) is 30.0 Å². The van der Waals surface area contributed by atoms with Gasteiger partial charge in [0.15, 0.2) is 12.4 Å². The van der Waals surface area contributed by atoms with Crippen LogP contribution in [0, 0.1) is 21.7 Å². The zero-order chi connectivity index (χ0) is 24.8. The molecule has 0 spiro atoms. The highest BCUT2D eigenvalue weighted by Crippen LogP contribution is 2.29. The molecule has 34 heavy (non-hydrogen) atoms. The number of nitro groups is 1. The molecule has 174 valence electrons. The molecule has 0 aliphatic heterocycles. The first-order valence-electron chi connectivity index (χ1n) is 9.59.